The molecule has 43 heavy (non-hydrogen) atoms. The molecular formula is C30H40O13. The summed E-state index contributed by atoms with van der Waals surface area (Å²) in [4.78, 5) is 25.3. The molecule has 1 aromatic carbocycles. The lowest BCUT2D eigenvalue weighted by atomic mass is 9.80. The van der Waals surface area contributed by atoms with Gasteiger partial charge in [0.05, 0.1) is 44.2 Å². The van der Waals surface area contributed by atoms with Gasteiger partial charge in [-0.1, -0.05) is 26.0 Å². The Hall–Kier alpha value is -3.04. The number of phenols is 1. The molecule has 0 aromatic heterocycles. The molecule has 6 N–H and O–H groups in total. The average molecular weight is 609 g/mol. The van der Waals surface area contributed by atoms with Crippen LogP contribution in [0.1, 0.15) is 38.7 Å². The quantitative estimate of drug-likeness (QED) is 0.149. The maximum atomic E-state index is 12.8. The van der Waals surface area contributed by atoms with E-state index in [9.17, 15) is 40.2 Å². The predicted molar refractivity (Wildman–Crippen MR) is 147 cm³/mol. The number of aromatic hydroxyl groups is 1. The van der Waals surface area contributed by atoms with Gasteiger partial charge in [0.2, 0.25) is 6.29 Å². The molecule has 1 saturated heterocycles. The van der Waals surface area contributed by atoms with E-state index in [-0.39, 0.29) is 44.1 Å². The summed E-state index contributed by atoms with van der Waals surface area (Å²) in [5.74, 6) is -3.06. The number of carbonyl (C=O) groups is 2. The van der Waals surface area contributed by atoms with Crippen LogP contribution in [-0.4, -0.2) is 105 Å². The smallest absolute Gasteiger partial charge is 0.331 e. The van der Waals surface area contributed by atoms with Crippen LogP contribution < -0.4 is 0 Å². The molecule has 1 aliphatic carbocycles. The zero-order chi connectivity index (χ0) is 31.3. The molecule has 0 spiro atoms. The monoisotopic (exact) mass is 608 g/mol. The van der Waals surface area contributed by atoms with Crippen molar-refractivity contribution in [2.24, 2.45) is 17.8 Å². The first kappa shape index (κ1) is 32.9. The Labute approximate surface area is 248 Å². The molecule has 9 atom stereocenters. The second kappa shape index (κ2) is 14.2. The first-order valence-corrected chi connectivity index (χ1v) is 14.2. The molecule has 13 nitrogen and oxygen atoms in total. The zero-order valence-corrected chi connectivity index (χ0v) is 24.0. The zero-order valence-electron chi connectivity index (χ0n) is 24.0. The van der Waals surface area contributed by atoms with Gasteiger partial charge in [-0.15, -0.1) is 0 Å². The molecular weight excluding hydrogens is 568 g/mol. The van der Waals surface area contributed by atoms with Crippen molar-refractivity contribution in [2.45, 2.75) is 75.7 Å². The summed E-state index contributed by atoms with van der Waals surface area (Å²) in [6.07, 6.45) is -3.13. The van der Waals surface area contributed by atoms with Crippen LogP contribution in [0.25, 0.3) is 6.08 Å². The van der Waals surface area contributed by atoms with Gasteiger partial charge in [-0.3, -0.25) is 4.79 Å². The third kappa shape index (κ3) is 7.73. The Balaban J connectivity index is 1.54. The highest BCUT2D eigenvalue weighted by molar-refractivity contribution is 5.87. The Morgan fingerprint density at radius 2 is 1.81 bits per heavy atom. The van der Waals surface area contributed by atoms with Gasteiger partial charge < -0.3 is 54.3 Å². The SMILES string of the molecule is CC(C)CC(=O)OC1OC=C(COC2OC(CO)CC(O)C2O)C2CC(OC(=O)C=Cc3ccc(O)cc3)C(O)(CO)C12. The molecule has 0 amide bonds. The van der Waals surface area contributed by atoms with Gasteiger partial charge in [-0.25, -0.2) is 4.79 Å². The van der Waals surface area contributed by atoms with E-state index in [0.717, 1.165) is 6.08 Å². The Morgan fingerprint density at radius 3 is 2.47 bits per heavy atom. The van der Waals surface area contributed by atoms with Gasteiger partial charge in [0.25, 0.3) is 0 Å². The summed E-state index contributed by atoms with van der Waals surface area (Å²) >= 11 is 0. The molecule has 0 bridgehead atoms. The number of hydrogen-bond donors (Lipinski definition) is 6. The summed E-state index contributed by atoms with van der Waals surface area (Å²) in [5.41, 5.74) is -1.03. The van der Waals surface area contributed by atoms with Gasteiger partial charge >= 0.3 is 11.9 Å². The summed E-state index contributed by atoms with van der Waals surface area (Å²) in [6, 6.07) is 6.09. The van der Waals surface area contributed by atoms with E-state index in [1.165, 1.54) is 24.5 Å². The van der Waals surface area contributed by atoms with E-state index >= 15 is 0 Å². The number of benzene rings is 1. The van der Waals surface area contributed by atoms with Gasteiger partial charge in [-0.05, 0) is 41.7 Å². The molecule has 4 rings (SSSR count). The number of phenolic OH excluding ortho intramolecular Hbond substituents is 1. The fourth-order valence-corrected chi connectivity index (χ4v) is 5.67. The minimum absolute atomic E-state index is 0.00721. The largest absolute Gasteiger partial charge is 0.508 e. The number of rotatable bonds is 11. The molecule has 238 valence electrons. The number of aliphatic hydroxyl groups is 5. The number of esters is 2. The summed E-state index contributed by atoms with van der Waals surface area (Å²) in [7, 11) is 0. The lowest BCUT2D eigenvalue weighted by molar-refractivity contribution is -0.269. The molecule has 2 fully saturated rings. The molecule has 2 heterocycles. The van der Waals surface area contributed by atoms with Crippen molar-refractivity contribution in [3.05, 3.63) is 47.7 Å². The van der Waals surface area contributed by atoms with Crippen LogP contribution in [-0.2, 0) is 33.3 Å². The normalized spacial score (nSPS) is 34.0. The third-order valence-electron chi connectivity index (χ3n) is 7.92. The summed E-state index contributed by atoms with van der Waals surface area (Å²) < 4.78 is 28.2. The van der Waals surface area contributed by atoms with Gasteiger partial charge in [0.15, 0.2) is 6.29 Å². The Morgan fingerprint density at radius 1 is 1.09 bits per heavy atom. The molecule has 13 heteroatoms. The first-order chi connectivity index (χ1) is 20.4. The fourth-order valence-electron chi connectivity index (χ4n) is 5.67. The number of carbonyl (C=O) groups excluding carboxylic acids is 2. The van der Waals surface area contributed by atoms with Crippen LogP contribution in [0.5, 0.6) is 5.75 Å². The third-order valence-corrected chi connectivity index (χ3v) is 7.92. The maximum absolute atomic E-state index is 12.8. The highest BCUT2D eigenvalue weighted by atomic mass is 16.7. The van der Waals surface area contributed by atoms with Gasteiger partial charge in [0.1, 0.15) is 23.6 Å². The van der Waals surface area contributed by atoms with Crippen molar-refractivity contribution < 1.29 is 63.9 Å². The molecule has 2 aliphatic heterocycles. The lowest BCUT2D eigenvalue weighted by Gasteiger charge is -2.40. The van der Waals surface area contributed by atoms with Crippen molar-refractivity contribution in [3.8, 4) is 5.75 Å². The number of aliphatic hydroxyl groups excluding tert-OH is 4. The number of ether oxygens (including phenoxy) is 5. The second-order valence-corrected chi connectivity index (χ2v) is 11.6. The van der Waals surface area contributed by atoms with Crippen LogP contribution >= 0.6 is 0 Å². The van der Waals surface area contributed by atoms with E-state index in [4.69, 9.17) is 23.7 Å². The minimum atomic E-state index is -2.08. The topological polar surface area (TPSA) is 202 Å². The van der Waals surface area contributed by atoms with Crippen LogP contribution in [0.4, 0.5) is 0 Å². The van der Waals surface area contributed by atoms with E-state index in [2.05, 4.69) is 0 Å². The molecule has 1 saturated carbocycles. The van der Waals surface area contributed by atoms with Crippen molar-refractivity contribution in [1.29, 1.82) is 0 Å². The first-order valence-electron chi connectivity index (χ1n) is 14.2. The van der Waals surface area contributed by atoms with Crippen LogP contribution in [0.15, 0.2) is 42.2 Å². The highest BCUT2D eigenvalue weighted by Gasteiger charge is 2.62. The number of fused-ring (bicyclic) bond motifs is 1. The highest BCUT2D eigenvalue weighted by Crippen LogP contribution is 2.50. The standard InChI is InChI=1S/C30H40O13/c1-16(2)9-25(36)43-28-26-21(18(13-39-28)14-40-29-27(37)22(34)10-20(12-31)41-29)11-23(30(26,38)15-32)42-24(35)8-5-17-3-6-19(33)7-4-17/h3-8,13,16,20-23,26-29,31-34,37-38H,9-12,14-15H2,1-2H3. The Bertz CT molecular complexity index is 1170. The predicted octanol–water partition coefficient (Wildman–Crippen LogP) is 0.352. The van der Waals surface area contributed by atoms with Gasteiger partial charge in [-0.2, -0.15) is 0 Å². The van der Waals surface area contributed by atoms with E-state index in [1.54, 1.807) is 12.1 Å². The molecule has 9 unspecified atom stereocenters. The fraction of sp³-hybridized carbons (Fsp3) is 0.600. The van der Waals surface area contributed by atoms with E-state index < -0.39 is 73.0 Å². The van der Waals surface area contributed by atoms with E-state index in [0.29, 0.717) is 11.1 Å². The maximum Gasteiger partial charge on any atom is 0.331 e. The van der Waals surface area contributed by atoms with Crippen molar-refractivity contribution >= 4 is 18.0 Å². The van der Waals surface area contributed by atoms with Gasteiger partial charge in [0, 0.05) is 24.8 Å². The number of hydrogen-bond acceptors (Lipinski definition) is 13. The van der Waals surface area contributed by atoms with E-state index in [1.807, 2.05) is 13.8 Å². The van der Waals surface area contributed by atoms with Crippen molar-refractivity contribution in [1.82, 2.24) is 0 Å². The lowest BCUT2D eigenvalue weighted by Crippen LogP contribution is -2.55. The van der Waals surface area contributed by atoms with Crippen molar-refractivity contribution in [3.63, 3.8) is 0 Å². The van der Waals surface area contributed by atoms with Crippen molar-refractivity contribution in [2.75, 3.05) is 19.8 Å². The molecule has 0 radical (unpaired) electrons. The molecule has 3 aliphatic rings. The van der Waals surface area contributed by atoms with Crippen LogP contribution in [0.2, 0.25) is 0 Å². The summed E-state index contributed by atoms with van der Waals surface area (Å²) in [6.45, 7) is 2.22. The summed E-state index contributed by atoms with van der Waals surface area (Å²) in [5, 5.41) is 61.5. The van der Waals surface area contributed by atoms with Crippen LogP contribution in [0, 0.1) is 17.8 Å². The molecule has 1 aromatic rings. The average Bonchev–Trinajstić information content (AvgIpc) is 3.26. The van der Waals surface area contributed by atoms with Crippen LogP contribution in [0.3, 0.4) is 0 Å². The second-order valence-electron chi connectivity index (χ2n) is 11.6. The minimum Gasteiger partial charge on any atom is -0.508 e. The Kier molecular flexibility index (Phi) is 10.8.